The van der Waals surface area contributed by atoms with Crippen molar-refractivity contribution in [2.75, 3.05) is 0 Å². The normalized spacial score (nSPS) is 6.44. The molecule has 0 rings (SSSR count). The van der Waals surface area contributed by atoms with Crippen molar-refractivity contribution in [3.63, 3.8) is 0 Å². The summed E-state index contributed by atoms with van der Waals surface area (Å²) in [6, 6.07) is 0. The minimum atomic E-state index is -5.17. The first-order valence-electron chi connectivity index (χ1n) is 0.667. The monoisotopic (exact) mass is 358 g/mol. The van der Waals surface area contributed by atoms with Crippen LogP contribution >= 0.6 is 0 Å². The molecule has 0 aromatic rings. The molecule has 44 valence electrons. The van der Waals surface area contributed by atoms with E-state index in [1.165, 1.54) is 0 Å². The zero-order valence-corrected chi connectivity index (χ0v) is 17.6. The van der Waals surface area contributed by atoms with Crippen molar-refractivity contribution in [3.05, 3.63) is 0 Å². The first kappa shape index (κ1) is 30.1. The van der Waals surface area contributed by atoms with Crippen LogP contribution in [0.15, 0.2) is 0 Å². The van der Waals surface area contributed by atoms with E-state index in [4.69, 9.17) is 17.5 Å². The van der Waals surface area contributed by atoms with E-state index in [2.05, 4.69) is 0 Å². The van der Waals surface area contributed by atoms with Crippen LogP contribution in [0.5, 0.6) is 0 Å². The zero-order valence-electron chi connectivity index (χ0n) is 10.9. The maximum absolute atomic E-state index is 8.52. The van der Waals surface area contributed by atoms with Gasteiger partial charge in [0.15, 0.2) is 0 Å². The molecule has 0 aliphatic heterocycles. The van der Waals surface area contributed by atoms with Crippen LogP contribution in [0.3, 0.4) is 0 Å². The van der Waals surface area contributed by atoms with Crippen LogP contribution in [0, 0.1) is 0 Å². The molecule has 9 heteroatoms. The van der Waals surface area contributed by atoms with Crippen molar-refractivity contribution in [1.82, 2.24) is 0 Å². The van der Waals surface area contributed by atoms with E-state index < -0.39 is 10.4 Å². The molecule has 0 aliphatic carbocycles. The van der Waals surface area contributed by atoms with Gasteiger partial charge in [0.25, 0.3) is 0 Å². The van der Waals surface area contributed by atoms with E-state index in [1.807, 2.05) is 0 Å². The molecule has 0 saturated carbocycles. The molecule has 0 amide bonds. The zero-order chi connectivity index (χ0) is 4.50. The van der Waals surface area contributed by atoms with Crippen molar-refractivity contribution in [2.24, 2.45) is 0 Å². The van der Waals surface area contributed by atoms with Crippen LogP contribution in [0.25, 0.3) is 0 Å². The largest absolute Gasteiger partial charge is 2.00 e. The van der Waals surface area contributed by atoms with Gasteiger partial charge in [-0.2, -0.15) is 0 Å². The molecule has 0 radical (unpaired) electrons. The van der Waals surface area contributed by atoms with Crippen molar-refractivity contribution < 1.29 is 104 Å². The standard InChI is InChI=1S/H2O4S.4Zn.6H/c1-5(2,3)4;;;;;;;;;;/h(H2,1,2,3,4);;;;;;;;;;/q;4*+2;6*-1/p-2. The third kappa shape index (κ3) is 130. The van der Waals surface area contributed by atoms with Gasteiger partial charge < -0.3 is 17.7 Å². The van der Waals surface area contributed by atoms with Gasteiger partial charge in [-0.3, -0.25) is 8.42 Å². The van der Waals surface area contributed by atoms with E-state index in [9.17, 15) is 0 Å². The molecular weight excluding hydrogens is 358 g/mol. The smallest absolute Gasteiger partial charge is 1.00 e. The first-order valence-corrected chi connectivity index (χ1v) is 2.00. The molecule has 0 saturated heterocycles. The molecule has 9 heavy (non-hydrogen) atoms. The van der Waals surface area contributed by atoms with Crippen LogP contribution in [-0.4, -0.2) is 17.5 Å². The van der Waals surface area contributed by atoms with Crippen molar-refractivity contribution in [3.8, 4) is 0 Å². The van der Waals surface area contributed by atoms with E-state index in [1.54, 1.807) is 0 Å². The minimum Gasteiger partial charge on any atom is -1.00 e. The first-order chi connectivity index (χ1) is 2.00. The van der Waals surface area contributed by atoms with Crippen LogP contribution in [0.1, 0.15) is 8.56 Å². The second-order valence-electron chi connectivity index (χ2n) is 0.408. The summed E-state index contributed by atoms with van der Waals surface area (Å²) in [6.07, 6.45) is 0. The quantitative estimate of drug-likeness (QED) is 0.325. The Balaban J connectivity index is -0.00000000178. The van der Waals surface area contributed by atoms with Crippen LogP contribution < -0.4 is 0 Å². The van der Waals surface area contributed by atoms with Crippen molar-refractivity contribution >= 4 is 10.4 Å². The summed E-state index contributed by atoms with van der Waals surface area (Å²) in [5.74, 6) is 0. The molecule has 0 N–H and O–H groups in total. The third-order valence-electron chi connectivity index (χ3n) is 0. The molecule has 0 fully saturated rings. The summed E-state index contributed by atoms with van der Waals surface area (Å²) in [7, 11) is -5.17. The predicted octanol–water partition coefficient (Wildman–Crippen LogP) is -0.673. The molecule has 4 nitrogen and oxygen atoms in total. The Morgan fingerprint density at radius 3 is 0.889 bits per heavy atom. The summed E-state index contributed by atoms with van der Waals surface area (Å²) in [5, 5.41) is 0. The fourth-order valence-electron chi connectivity index (χ4n) is 0. The summed E-state index contributed by atoms with van der Waals surface area (Å²) < 4.78 is 34.1. The molecule has 0 bridgehead atoms. The summed E-state index contributed by atoms with van der Waals surface area (Å²) >= 11 is 0. The Labute approximate surface area is 113 Å². The summed E-state index contributed by atoms with van der Waals surface area (Å²) in [4.78, 5) is 0. The van der Waals surface area contributed by atoms with Gasteiger partial charge in [-0.05, 0) is 0 Å². The van der Waals surface area contributed by atoms with E-state index in [-0.39, 0.29) is 86.5 Å². The molecule has 0 spiro atoms. The average molecular weight is 364 g/mol. The topological polar surface area (TPSA) is 80.3 Å². The van der Waals surface area contributed by atoms with Crippen LogP contribution in [-0.2, 0) is 88.3 Å². The van der Waals surface area contributed by atoms with Gasteiger partial charge in [-0.1, -0.05) is 0 Å². The van der Waals surface area contributed by atoms with E-state index in [0.717, 1.165) is 0 Å². The molecule has 0 atom stereocenters. The Kier molecular flexibility index (Phi) is 43.5. The minimum absolute atomic E-state index is 0. The molecule has 0 unspecified atom stereocenters. The maximum atomic E-state index is 8.52. The summed E-state index contributed by atoms with van der Waals surface area (Å²) in [6.45, 7) is 0. The van der Waals surface area contributed by atoms with Crippen molar-refractivity contribution in [1.29, 1.82) is 0 Å². The van der Waals surface area contributed by atoms with Gasteiger partial charge in [0.2, 0.25) is 0 Å². The SMILES string of the molecule is O=S(=O)([O-])[O-].[H-].[H-].[H-].[H-].[H-].[H-].[Zn+2].[Zn+2].[Zn+2].[Zn+2]. The van der Waals surface area contributed by atoms with Gasteiger partial charge in [0.1, 0.15) is 0 Å². The maximum Gasteiger partial charge on any atom is 2.00 e. The van der Waals surface area contributed by atoms with E-state index in [0.29, 0.717) is 0 Å². The predicted molar refractivity (Wildman–Crippen MR) is 17.1 cm³/mol. The molecular formula is H6O4SZn4. The van der Waals surface area contributed by atoms with Gasteiger partial charge in [0, 0.05) is 10.4 Å². The second kappa shape index (κ2) is 13.0. The Bertz CT molecular complexity index is 110. The Hall–Kier alpha value is 2.36. The number of hydrogen-bond donors (Lipinski definition) is 0. The Morgan fingerprint density at radius 2 is 0.889 bits per heavy atom. The fraction of sp³-hybridized carbons (Fsp3) is 0. The molecule has 0 aliphatic rings. The van der Waals surface area contributed by atoms with Gasteiger partial charge in [0.05, 0.1) is 0 Å². The van der Waals surface area contributed by atoms with Crippen LogP contribution in [0.2, 0.25) is 0 Å². The molecule has 0 aromatic carbocycles. The van der Waals surface area contributed by atoms with Crippen molar-refractivity contribution in [2.45, 2.75) is 0 Å². The molecule has 0 aromatic heterocycles. The van der Waals surface area contributed by atoms with Crippen LogP contribution in [0.4, 0.5) is 0 Å². The van der Waals surface area contributed by atoms with Gasteiger partial charge >= 0.3 is 77.9 Å². The third-order valence-corrected chi connectivity index (χ3v) is 0. The molecule has 0 heterocycles. The van der Waals surface area contributed by atoms with Gasteiger partial charge in [-0.15, -0.1) is 0 Å². The number of hydrogen-bond acceptors (Lipinski definition) is 4. The van der Waals surface area contributed by atoms with E-state index >= 15 is 0 Å². The van der Waals surface area contributed by atoms with Gasteiger partial charge in [-0.25, -0.2) is 0 Å². The summed E-state index contributed by atoms with van der Waals surface area (Å²) in [5.41, 5.74) is 0. The second-order valence-corrected chi connectivity index (χ2v) is 1.22. The number of rotatable bonds is 0. The fourth-order valence-corrected chi connectivity index (χ4v) is 0. The Morgan fingerprint density at radius 1 is 0.889 bits per heavy atom. The average Bonchev–Trinajstić information content (AvgIpc) is 0.722.